The average molecular weight is 448 g/mol. The van der Waals surface area contributed by atoms with Gasteiger partial charge in [-0.1, -0.05) is 6.42 Å². The van der Waals surface area contributed by atoms with Crippen molar-refractivity contribution in [2.24, 2.45) is 0 Å². The van der Waals surface area contributed by atoms with Gasteiger partial charge in [-0.25, -0.2) is 4.98 Å². The molecule has 3 aromatic rings. The Bertz CT molecular complexity index is 1280. The molecule has 0 saturated carbocycles. The number of hydrogen-bond acceptors (Lipinski definition) is 5. The number of ether oxygens (including phenoxy) is 2. The third-order valence-electron chi connectivity index (χ3n) is 6.40. The van der Waals surface area contributed by atoms with Gasteiger partial charge in [-0.05, 0) is 57.0 Å². The van der Waals surface area contributed by atoms with Crippen LogP contribution in [-0.4, -0.2) is 28.2 Å². The molecule has 0 bridgehead atoms. The topological polar surface area (TPSA) is 82.5 Å². The van der Waals surface area contributed by atoms with Crippen molar-refractivity contribution in [2.75, 3.05) is 6.61 Å². The molecule has 7 nitrogen and oxygen atoms in total. The first-order chi connectivity index (χ1) is 16.0. The van der Waals surface area contributed by atoms with E-state index in [1.165, 1.54) is 0 Å². The van der Waals surface area contributed by atoms with Gasteiger partial charge >= 0.3 is 0 Å². The lowest BCUT2D eigenvalue weighted by molar-refractivity contribution is 0.0950. The van der Waals surface area contributed by atoms with Gasteiger partial charge in [-0.2, -0.15) is 0 Å². The third-order valence-corrected chi connectivity index (χ3v) is 6.40. The van der Waals surface area contributed by atoms with E-state index in [4.69, 9.17) is 14.5 Å². The average Bonchev–Trinajstić information content (AvgIpc) is 3.00. The SMILES string of the molecule is CCOc1cc2c(cc1CNC(=O)c1ccc3c(=O)n4c(nc3c1)CCCCC4)O[C@H](C)C2. The van der Waals surface area contributed by atoms with Crippen LogP contribution in [0.15, 0.2) is 35.1 Å². The predicted octanol–water partition coefficient (Wildman–Crippen LogP) is 3.78. The maximum absolute atomic E-state index is 13.0. The van der Waals surface area contributed by atoms with Gasteiger partial charge in [0.25, 0.3) is 11.5 Å². The van der Waals surface area contributed by atoms with E-state index in [0.29, 0.717) is 36.2 Å². The second-order valence-electron chi connectivity index (χ2n) is 8.84. The molecule has 5 rings (SSSR count). The first kappa shape index (κ1) is 21.5. The Kier molecular flexibility index (Phi) is 5.79. The van der Waals surface area contributed by atoms with Gasteiger partial charge in [0, 0.05) is 42.6 Å². The van der Waals surface area contributed by atoms with Gasteiger partial charge in [0.05, 0.1) is 17.5 Å². The summed E-state index contributed by atoms with van der Waals surface area (Å²) < 4.78 is 13.5. The molecule has 1 aromatic heterocycles. The fraction of sp³-hybridized carbons (Fsp3) is 0.423. The van der Waals surface area contributed by atoms with Gasteiger partial charge in [-0.15, -0.1) is 0 Å². The van der Waals surface area contributed by atoms with Crippen LogP contribution in [0.2, 0.25) is 0 Å². The Labute approximate surface area is 192 Å². The molecule has 0 fully saturated rings. The molecule has 0 aliphatic carbocycles. The van der Waals surface area contributed by atoms with Gasteiger partial charge in [0.1, 0.15) is 23.4 Å². The monoisotopic (exact) mass is 447 g/mol. The van der Waals surface area contributed by atoms with Crippen molar-refractivity contribution in [3.63, 3.8) is 0 Å². The lowest BCUT2D eigenvalue weighted by atomic mass is 10.1. The highest BCUT2D eigenvalue weighted by Crippen LogP contribution is 2.35. The highest BCUT2D eigenvalue weighted by atomic mass is 16.5. The Morgan fingerprint density at radius 3 is 2.97 bits per heavy atom. The standard InChI is InChI=1S/C26H29N3O4/c1-3-32-22-13-18-11-16(2)33-23(18)14-19(22)15-27-25(30)17-8-9-20-21(12-17)28-24-7-5-4-6-10-29(24)26(20)31/h8-9,12-14,16H,3-7,10-11,15H2,1-2H3,(H,27,30)/t16-/m1/s1. The van der Waals surface area contributed by atoms with Crippen LogP contribution in [-0.2, 0) is 25.9 Å². The third kappa shape index (κ3) is 4.19. The summed E-state index contributed by atoms with van der Waals surface area (Å²) in [5.41, 5.74) is 3.05. The van der Waals surface area contributed by atoms with Crippen molar-refractivity contribution in [1.29, 1.82) is 0 Å². The van der Waals surface area contributed by atoms with Crippen LogP contribution in [0.4, 0.5) is 0 Å². The maximum Gasteiger partial charge on any atom is 0.261 e. The summed E-state index contributed by atoms with van der Waals surface area (Å²) in [5.74, 6) is 2.22. The molecule has 2 aromatic carbocycles. The molecule has 1 amide bonds. The van der Waals surface area contributed by atoms with E-state index in [1.54, 1.807) is 22.8 Å². The van der Waals surface area contributed by atoms with Gasteiger partial charge in [-0.3, -0.25) is 14.2 Å². The fourth-order valence-corrected chi connectivity index (χ4v) is 4.75. The molecule has 0 spiro atoms. The summed E-state index contributed by atoms with van der Waals surface area (Å²) in [6.07, 6.45) is 4.92. The van der Waals surface area contributed by atoms with Crippen LogP contribution in [0.25, 0.3) is 10.9 Å². The van der Waals surface area contributed by atoms with Crippen molar-refractivity contribution in [2.45, 2.75) is 65.1 Å². The maximum atomic E-state index is 13.0. The summed E-state index contributed by atoms with van der Waals surface area (Å²) >= 11 is 0. The zero-order chi connectivity index (χ0) is 22.9. The summed E-state index contributed by atoms with van der Waals surface area (Å²) in [6, 6.07) is 9.11. The normalized spacial score (nSPS) is 17.1. The summed E-state index contributed by atoms with van der Waals surface area (Å²) in [5, 5.41) is 3.54. The van der Waals surface area contributed by atoms with Gasteiger partial charge < -0.3 is 14.8 Å². The number of carbonyl (C=O) groups is 1. The second-order valence-corrected chi connectivity index (χ2v) is 8.84. The molecule has 3 heterocycles. The highest BCUT2D eigenvalue weighted by molar-refractivity contribution is 5.97. The molecular formula is C26H29N3O4. The van der Waals surface area contributed by atoms with Crippen molar-refractivity contribution in [3.8, 4) is 11.5 Å². The van der Waals surface area contributed by atoms with E-state index in [2.05, 4.69) is 5.32 Å². The van der Waals surface area contributed by atoms with Gasteiger partial charge in [0.2, 0.25) is 0 Å². The van der Waals surface area contributed by atoms with Gasteiger partial charge in [0.15, 0.2) is 0 Å². The number of carbonyl (C=O) groups excluding carboxylic acids is 1. The molecule has 33 heavy (non-hydrogen) atoms. The van der Waals surface area contributed by atoms with E-state index in [1.807, 2.05) is 26.0 Å². The lowest BCUT2D eigenvalue weighted by Gasteiger charge is -2.14. The predicted molar refractivity (Wildman–Crippen MR) is 126 cm³/mol. The van der Waals surface area contributed by atoms with E-state index >= 15 is 0 Å². The zero-order valence-electron chi connectivity index (χ0n) is 19.1. The second kappa shape index (κ2) is 8.89. The first-order valence-corrected chi connectivity index (χ1v) is 11.8. The molecule has 0 saturated heterocycles. The minimum absolute atomic E-state index is 0.0161. The van der Waals surface area contributed by atoms with Crippen molar-refractivity contribution >= 4 is 16.8 Å². The Morgan fingerprint density at radius 2 is 2.12 bits per heavy atom. The number of nitrogens with zero attached hydrogens (tertiary/aromatic N) is 2. The van der Waals surface area contributed by atoms with Crippen LogP contribution in [0, 0.1) is 0 Å². The lowest BCUT2D eigenvalue weighted by Crippen LogP contribution is -2.26. The Morgan fingerprint density at radius 1 is 1.24 bits per heavy atom. The van der Waals surface area contributed by atoms with E-state index in [9.17, 15) is 9.59 Å². The van der Waals surface area contributed by atoms with E-state index in [-0.39, 0.29) is 17.6 Å². The molecule has 1 N–H and O–H groups in total. The van der Waals surface area contributed by atoms with Crippen LogP contribution in [0.1, 0.15) is 60.4 Å². The number of benzene rings is 2. The molecule has 1 atom stereocenters. The first-order valence-electron chi connectivity index (χ1n) is 11.8. The minimum Gasteiger partial charge on any atom is -0.494 e. The number of rotatable bonds is 5. The molecular weight excluding hydrogens is 418 g/mol. The molecule has 0 unspecified atom stereocenters. The quantitative estimate of drug-likeness (QED) is 0.644. The van der Waals surface area contributed by atoms with Crippen LogP contribution < -0.4 is 20.3 Å². The molecule has 7 heteroatoms. The Hall–Kier alpha value is -3.35. The molecule has 2 aliphatic heterocycles. The number of nitrogens with one attached hydrogen (secondary N) is 1. The highest BCUT2D eigenvalue weighted by Gasteiger charge is 2.22. The van der Waals surface area contributed by atoms with Crippen LogP contribution in [0.5, 0.6) is 11.5 Å². The summed E-state index contributed by atoms with van der Waals surface area (Å²) in [7, 11) is 0. The van der Waals surface area contributed by atoms with Crippen LogP contribution >= 0.6 is 0 Å². The molecule has 172 valence electrons. The van der Waals surface area contributed by atoms with Crippen molar-refractivity contribution < 1.29 is 14.3 Å². The molecule has 2 aliphatic rings. The van der Waals surface area contributed by atoms with Crippen molar-refractivity contribution in [1.82, 2.24) is 14.9 Å². The Balaban J connectivity index is 1.39. The zero-order valence-corrected chi connectivity index (χ0v) is 19.1. The summed E-state index contributed by atoms with van der Waals surface area (Å²) in [6.45, 7) is 5.56. The number of hydrogen-bond donors (Lipinski definition) is 1. The minimum atomic E-state index is -0.217. The van der Waals surface area contributed by atoms with Crippen LogP contribution in [0.3, 0.4) is 0 Å². The fourth-order valence-electron chi connectivity index (χ4n) is 4.75. The molecule has 0 radical (unpaired) electrons. The van der Waals surface area contributed by atoms with Crippen molar-refractivity contribution in [3.05, 3.63) is 63.2 Å². The summed E-state index contributed by atoms with van der Waals surface area (Å²) in [4.78, 5) is 30.6. The number of amides is 1. The largest absolute Gasteiger partial charge is 0.494 e. The van der Waals surface area contributed by atoms with E-state index < -0.39 is 0 Å². The smallest absolute Gasteiger partial charge is 0.261 e. The number of aryl methyl sites for hydroxylation is 1. The number of fused-ring (bicyclic) bond motifs is 3. The van der Waals surface area contributed by atoms with E-state index in [0.717, 1.165) is 60.6 Å². The number of aromatic nitrogens is 2.